The van der Waals surface area contributed by atoms with Gasteiger partial charge in [0, 0.05) is 31.4 Å². The van der Waals surface area contributed by atoms with Crippen molar-refractivity contribution < 1.29 is 4.39 Å². The van der Waals surface area contributed by atoms with Crippen molar-refractivity contribution in [3.8, 4) is 11.1 Å². The fraction of sp³-hybridized carbons (Fsp3) is 0.167. The van der Waals surface area contributed by atoms with Crippen LogP contribution in [0.4, 0.5) is 16.2 Å². The van der Waals surface area contributed by atoms with Crippen LogP contribution in [0.3, 0.4) is 0 Å². The van der Waals surface area contributed by atoms with Gasteiger partial charge in [0.25, 0.3) is 0 Å². The second-order valence-electron chi connectivity index (χ2n) is 3.84. The average Bonchev–Trinajstić information content (AvgIpc) is 2.30. The Labute approximate surface area is 98.9 Å². The lowest BCUT2D eigenvalue weighted by Gasteiger charge is -2.12. The van der Waals surface area contributed by atoms with Gasteiger partial charge < -0.3 is 10.6 Å². The fourth-order valence-corrected chi connectivity index (χ4v) is 1.49. The summed E-state index contributed by atoms with van der Waals surface area (Å²) in [4.78, 5) is 9.98. The maximum Gasteiger partial charge on any atom is 0.226 e. The van der Waals surface area contributed by atoms with E-state index in [4.69, 9.17) is 5.73 Å². The Hall–Kier alpha value is -2.17. The molecule has 0 saturated heterocycles. The molecule has 88 valence electrons. The van der Waals surface area contributed by atoms with E-state index in [1.807, 2.05) is 14.1 Å². The Morgan fingerprint density at radius 1 is 1.18 bits per heavy atom. The minimum absolute atomic E-state index is 0.272. The lowest BCUT2D eigenvalue weighted by molar-refractivity contribution is 0.631. The number of aromatic nitrogens is 2. The van der Waals surface area contributed by atoms with Gasteiger partial charge in [-0.3, -0.25) is 0 Å². The van der Waals surface area contributed by atoms with E-state index in [1.54, 1.807) is 23.1 Å². The zero-order valence-corrected chi connectivity index (χ0v) is 9.68. The molecule has 0 atom stereocenters. The fourth-order valence-electron chi connectivity index (χ4n) is 1.49. The highest BCUT2D eigenvalue weighted by molar-refractivity contribution is 5.74. The zero-order valence-electron chi connectivity index (χ0n) is 9.68. The molecule has 0 bridgehead atoms. The van der Waals surface area contributed by atoms with Crippen molar-refractivity contribution in [3.05, 3.63) is 36.3 Å². The third-order valence-corrected chi connectivity index (χ3v) is 2.37. The molecule has 4 nitrogen and oxygen atoms in total. The summed E-state index contributed by atoms with van der Waals surface area (Å²) in [5.74, 6) is 0.441. The monoisotopic (exact) mass is 232 g/mol. The van der Waals surface area contributed by atoms with Gasteiger partial charge in [-0.2, -0.15) is 4.98 Å². The van der Waals surface area contributed by atoms with Crippen LogP contribution in [-0.4, -0.2) is 24.1 Å². The van der Waals surface area contributed by atoms with E-state index in [-0.39, 0.29) is 11.6 Å². The number of nitrogens with zero attached hydrogens (tertiary/aromatic N) is 3. The number of nitrogen functional groups attached to an aromatic ring is 1. The number of rotatable bonds is 2. The van der Waals surface area contributed by atoms with Gasteiger partial charge in [0.1, 0.15) is 11.6 Å². The van der Waals surface area contributed by atoms with Gasteiger partial charge in [0.15, 0.2) is 0 Å². The lowest BCUT2D eigenvalue weighted by Crippen LogP contribution is -2.13. The van der Waals surface area contributed by atoms with Crippen LogP contribution in [0.25, 0.3) is 11.1 Å². The highest BCUT2D eigenvalue weighted by atomic mass is 19.1. The van der Waals surface area contributed by atoms with Crippen LogP contribution in [0.5, 0.6) is 0 Å². The van der Waals surface area contributed by atoms with E-state index < -0.39 is 0 Å². The van der Waals surface area contributed by atoms with Crippen LogP contribution in [0, 0.1) is 5.82 Å². The Balaban J connectivity index is 2.51. The van der Waals surface area contributed by atoms with Crippen LogP contribution in [-0.2, 0) is 0 Å². The molecule has 0 fully saturated rings. The van der Waals surface area contributed by atoms with Crippen molar-refractivity contribution >= 4 is 11.8 Å². The first-order valence-corrected chi connectivity index (χ1v) is 5.14. The minimum atomic E-state index is -0.333. The molecule has 0 aliphatic rings. The van der Waals surface area contributed by atoms with E-state index in [0.29, 0.717) is 17.1 Å². The van der Waals surface area contributed by atoms with Crippen molar-refractivity contribution in [2.24, 2.45) is 0 Å². The van der Waals surface area contributed by atoms with E-state index in [0.717, 1.165) is 0 Å². The van der Waals surface area contributed by atoms with Crippen LogP contribution >= 0.6 is 0 Å². The first-order chi connectivity index (χ1) is 8.09. The third-order valence-electron chi connectivity index (χ3n) is 2.37. The van der Waals surface area contributed by atoms with E-state index in [2.05, 4.69) is 9.97 Å². The molecular weight excluding hydrogens is 219 g/mol. The van der Waals surface area contributed by atoms with E-state index in [9.17, 15) is 4.39 Å². The first kappa shape index (κ1) is 11.3. The Morgan fingerprint density at radius 2 is 1.88 bits per heavy atom. The Morgan fingerprint density at radius 3 is 2.47 bits per heavy atom. The minimum Gasteiger partial charge on any atom is -0.383 e. The molecular formula is C12H13FN4. The largest absolute Gasteiger partial charge is 0.383 e. The molecule has 0 aliphatic carbocycles. The molecule has 0 aliphatic heterocycles. The van der Waals surface area contributed by atoms with Crippen LogP contribution in [0.2, 0.25) is 0 Å². The molecule has 0 saturated carbocycles. The molecule has 1 heterocycles. The summed E-state index contributed by atoms with van der Waals surface area (Å²) in [6.07, 6.45) is 1.54. The maximum absolute atomic E-state index is 13.6. The predicted molar refractivity (Wildman–Crippen MR) is 66.2 cm³/mol. The molecule has 2 rings (SSSR count). The van der Waals surface area contributed by atoms with Gasteiger partial charge in [-0.15, -0.1) is 0 Å². The normalized spacial score (nSPS) is 10.3. The summed E-state index contributed by atoms with van der Waals surface area (Å²) in [5, 5.41) is 0. The molecule has 0 unspecified atom stereocenters. The second kappa shape index (κ2) is 4.37. The summed E-state index contributed by atoms with van der Waals surface area (Å²) < 4.78 is 13.6. The number of benzene rings is 1. The summed E-state index contributed by atoms with van der Waals surface area (Å²) in [7, 11) is 3.63. The number of anilines is 2. The Kier molecular flexibility index (Phi) is 2.91. The summed E-state index contributed by atoms with van der Waals surface area (Å²) >= 11 is 0. The Bertz CT molecular complexity index is 540. The smallest absolute Gasteiger partial charge is 0.226 e. The van der Waals surface area contributed by atoms with Gasteiger partial charge in [-0.05, 0) is 6.07 Å². The third kappa shape index (κ3) is 2.18. The predicted octanol–water partition coefficient (Wildman–Crippen LogP) is 1.93. The van der Waals surface area contributed by atoms with Crippen molar-refractivity contribution in [2.75, 3.05) is 24.7 Å². The van der Waals surface area contributed by atoms with Crippen molar-refractivity contribution in [2.45, 2.75) is 0 Å². The zero-order chi connectivity index (χ0) is 12.4. The highest BCUT2D eigenvalue weighted by Crippen LogP contribution is 2.26. The quantitative estimate of drug-likeness (QED) is 0.859. The average molecular weight is 232 g/mol. The highest BCUT2D eigenvalue weighted by Gasteiger charge is 2.10. The van der Waals surface area contributed by atoms with Crippen molar-refractivity contribution in [3.63, 3.8) is 0 Å². The van der Waals surface area contributed by atoms with Crippen LogP contribution in [0.1, 0.15) is 0 Å². The molecule has 0 amide bonds. The standard InChI is InChI=1S/C12H13FN4/c1-17(2)12-15-7-9(11(14)16-12)8-5-3-4-6-10(8)13/h3-7H,1-2H3,(H2,14,15,16). The summed E-state index contributed by atoms with van der Waals surface area (Å²) in [5.41, 5.74) is 6.74. The molecule has 5 heteroatoms. The van der Waals surface area contributed by atoms with Crippen molar-refractivity contribution in [1.29, 1.82) is 0 Å². The maximum atomic E-state index is 13.6. The first-order valence-electron chi connectivity index (χ1n) is 5.14. The van der Waals surface area contributed by atoms with Gasteiger partial charge >= 0.3 is 0 Å². The SMILES string of the molecule is CN(C)c1ncc(-c2ccccc2F)c(N)n1. The molecule has 2 aromatic rings. The summed E-state index contributed by atoms with van der Waals surface area (Å²) in [6, 6.07) is 6.41. The van der Waals surface area contributed by atoms with E-state index in [1.165, 1.54) is 12.3 Å². The number of hydrogen-bond donors (Lipinski definition) is 1. The van der Waals surface area contributed by atoms with Crippen molar-refractivity contribution in [1.82, 2.24) is 9.97 Å². The van der Waals surface area contributed by atoms with Crippen LogP contribution in [0.15, 0.2) is 30.5 Å². The number of halogens is 1. The molecule has 2 N–H and O–H groups in total. The van der Waals surface area contributed by atoms with E-state index >= 15 is 0 Å². The molecule has 0 radical (unpaired) electrons. The number of nitrogens with two attached hydrogens (primary N) is 1. The molecule has 17 heavy (non-hydrogen) atoms. The summed E-state index contributed by atoms with van der Waals surface area (Å²) in [6.45, 7) is 0. The topological polar surface area (TPSA) is 55.0 Å². The second-order valence-corrected chi connectivity index (χ2v) is 3.84. The van der Waals surface area contributed by atoms with Gasteiger partial charge in [-0.25, -0.2) is 9.37 Å². The van der Waals surface area contributed by atoms with Gasteiger partial charge in [0.05, 0.1) is 0 Å². The molecule has 0 spiro atoms. The van der Waals surface area contributed by atoms with Gasteiger partial charge in [-0.1, -0.05) is 18.2 Å². The molecule has 1 aromatic carbocycles. The number of hydrogen-bond acceptors (Lipinski definition) is 4. The van der Waals surface area contributed by atoms with Gasteiger partial charge in [0.2, 0.25) is 5.95 Å². The van der Waals surface area contributed by atoms with Crippen LogP contribution < -0.4 is 10.6 Å². The lowest BCUT2D eigenvalue weighted by atomic mass is 10.1. The molecule has 1 aromatic heterocycles.